The van der Waals surface area contributed by atoms with Crippen LogP contribution in [0.1, 0.15) is 15.9 Å². The molecule has 0 saturated heterocycles. The number of benzene rings is 2. The highest BCUT2D eigenvalue weighted by Gasteiger charge is 2.25. The molecule has 0 radical (unpaired) electrons. The maximum Gasteiger partial charge on any atom is 0.265 e. The van der Waals surface area contributed by atoms with Gasteiger partial charge in [-0.25, -0.2) is 13.4 Å². The van der Waals surface area contributed by atoms with Gasteiger partial charge in [-0.3, -0.25) is 9.10 Å². The number of fused-ring (bicyclic) bond motifs is 2. The van der Waals surface area contributed by atoms with Crippen LogP contribution < -0.4 is 13.8 Å². The summed E-state index contributed by atoms with van der Waals surface area (Å²) in [5, 5.41) is 0.659. The summed E-state index contributed by atoms with van der Waals surface area (Å²) in [5.41, 5.74) is 1.62. The van der Waals surface area contributed by atoms with Crippen LogP contribution in [0.5, 0.6) is 11.5 Å². The fourth-order valence-corrected chi connectivity index (χ4v) is 4.06. The van der Waals surface area contributed by atoms with Crippen LogP contribution in [0.2, 0.25) is 0 Å². The minimum Gasteiger partial charge on any atom is -0.454 e. The summed E-state index contributed by atoms with van der Waals surface area (Å²) in [5.74, 6) is 1.15. The Hall–Kier alpha value is -3.13. The summed E-state index contributed by atoms with van der Waals surface area (Å²) in [6.07, 6.45) is 0.591. The van der Waals surface area contributed by atoms with Gasteiger partial charge in [0.05, 0.1) is 16.0 Å². The lowest BCUT2D eigenvalue weighted by molar-refractivity contribution is 0.112. The monoisotopic (exact) mass is 384 g/mol. The highest BCUT2D eigenvalue weighted by Crippen LogP contribution is 2.37. The lowest BCUT2D eigenvalue weighted by Gasteiger charge is -2.20. The van der Waals surface area contributed by atoms with Crippen LogP contribution in [0.4, 0.5) is 5.82 Å². The van der Waals surface area contributed by atoms with E-state index in [1.165, 1.54) is 19.2 Å². The minimum atomic E-state index is -3.87. The van der Waals surface area contributed by atoms with Crippen LogP contribution in [0.3, 0.4) is 0 Å². The second kappa shape index (κ2) is 6.24. The lowest BCUT2D eigenvalue weighted by atomic mass is 10.1. The van der Waals surface area contributed by atoms with Crippen molar-refractivity contribution in [2.45, 2.75) is 11.8 Å². The van der Waals surface area contributed by atoms with E-state index in [4.69, 9.17) is 9.47 Å². The van der Waals surface area contributed by atoms with Crippen molar-refractivity contribution in [3.8, 4) is 11.5 Å². The molecule has 8 heteroatoms. The predicted molar refractivity (Wildman–Crippen MR) is 100 cm³/mol. The molecule has 0 bridgehead atoms. The number of nitrogens with zero attached hydrogens (tertiary/aromatic N) is 2. The molecule has 0 N–H and O–H groups in total. The van der Waals surface area contributed by atoms with Crippen LogP contribution in [-0.4, -0.2) is 33.5 Å². The second-order valence-corrected chi connectivity index (χ2v) is 8.17. The molecule has 138 valence electrons. The van der Waals surface area contributed by atoms with E-state index < -0.39 is 10.0 Å². The van der Waals surface area contributed by atoms with Gasteiger partial charge in [0.25, 0.3) is 10.0 Å². The average molecular weight is 384 g/mol. The topological polar surface area (TPSA) is 85.8 Å². The Kier molecular flexibility index (Phi) is 4.00. The zero-order valence-corrected chi connectivity index (χ0v) is 15.5. The number of aromatic nitrogens is 1. The quantitative estimate of drug-likeness (QED) is 0.643. The molecule has 0 atom stereocenters. The maximum atomic E-state index is 13.0. The fourth-order valence-electron chi connectivity index (χ4n) is 2.89. The number of carbonyl (C=O) groups is 1. The van der Waals surface area contributed by atoms with Gasteiger partial charge in [-0.15, -0.1) is 0 Å². The first-order valence-electron chi connectivity index (χ1n) is 8.15. The van der Waals surface area contributed by atoms with E-state index >= 15 is 0 Å². The Labute approximate surface area is 156 Å². The molecule has 27 heavy (non-hydrogen) atoms. The molecule has 4 rings (SSSR count). The molecule has 7 nitrogen and oxygen atoms in total. The molecule has 3 aromatic rings. The SMILES string of the molecule is Cc1ccc(S(=O)(=O)N(C)c2nc3cc4c(cc3cc2C=O)OCO4)cc1. The van der Waals surface area contributed by atoms with Crippen molar-refractivity contribution in [2.24, 2.45) is 0 Å². The van der Waals surface area contributed by atoms with Gasteiger partial charge in [0.2, 0.25) is 6.79 Å². The van der Waals surface area contributed by atoms with Gasteiger partial charge < -0.3 is 9.47 Å². The van der Waals surface area contributed by atoms with Crippen molar-refractivity contribution in [2.75, 3.05) is 18.1 Å². The van der Waals surface area contributed by atoms with Gasteiger partial charge in [-0.2, -0.15) is 0 Å². The number of aldehydes is 1. The average Bonchev–Trinajstić information content (AvgIpc) is 3.12. The number of pyridine rings is 1. The summed E-state index contributed by atoms with van der Waals surface area (Å²) >= 11 is 0. The van der Waals surface area contributed by atoms with Gasteiger partial charge in [-0.05, 0) is 31.2 Å². The zero-order valence-electron chi connectivity index (χ0n) is 14.7. The van der Waals surface area contributed by atoms with Gasteiger partial charge in [0.15, 0.2) is 23.6 Å². The highest BCUT2D eigenvalue weighted by atomic mass is 32.2. The summed E-state index contributed by atoms with van der Waals surface area (Å²) in [4.78, 5) is 16.1. The third-order valence-electron chi connectivity index (χ3n) is 4.42. The molecule has 0 spiro atoms. The van der Waals surface area contributed by atoms with E-state index in [0.717, 1.165) is 9.87 Å². The van der Waals surface area contributed by atoms with Gasteiger partial charge in [-0.1, -0.05) is 17.7 Å². The summed E-state index contributed by atoms with van der Waals surface area (Å²) in [6.45, 7) is 1.99. The third kappa shape index (κ3) is 2.87. The molecular formula is C19H16N2O5S. The predicted octanol–water partition coefficient (Wildman–Crippen LogP) is 2.91. The minimum absolute atomic E-state index is 0.0527. The van der Waals surface area contributed by atoms with Crippen LogP contribution >= 0.6 is 0 Å². The zero-order chi connectivity index (χ0) is 19.2. The Balaban J connectivity index is 1.85. The van der Waals surface area contributed by atoms with Crippen LogP contribution in [0, 0.1) is 6.92 Å². The summed E-state index contributed by atoms with van der Waals surface area (Å²) in [6, 6.07) is 11.5. The number of ether oxygens (including phenoxy) is 2. The third-order valence-corrected chi connectivity index (χ3v) is 6.18. The number of anilines is 1. The van der Waals surface area contributed by atoms with E-state index in [-0.39, 0.29) is 23.1 Å². The normalized spacial score (nSPS) is 13.0. The molecule has 2 heterocycles. The van der Waals surface area contributed by atoms with E-state index in [1.807, 2.05) is 6.92 Å². The standard InChI is InChI=1S/C19H16N2O5S/c1-12-3-5-15(6-4-12)27(23,24)21(2)19-14(10-22)7-13-8-17-18(26-11-25-17)9-16(13)20-19/h3-10H,11H2,1-2H3. The molecule has 0 amide bonds. The van der Waals surface area contributed by atoms with E-state index in [0.29, 0.717) is 28.7 Å². The summed E-state index contributed by atoms with van der Waals surface area (Å²) < 4.78 is 37.6. The number of aryl methyl sites for hydroxylation is 1. The molecule has 2 aromatic carbocycles. The van der Waals surface area contributed by atoms with Crippen LogP contribution in [-0.2, 0) is 10.0 Å². The van der Waals surface area contributed by atoms with Crippen molar-refractivity contribution in [1.29, 1.82) is 0 Å². The Morgan fingerprint density at radius 1 is 1.07 bits per heavy atom. The van der Waals surface area contributed by atoms with Crippen molar-refractivity contribution in [3.05, 3.63) is 53.6 Å². The Morgan fingerprint density at radius 3 is 2.41 bits per heavy atom. The van der Waals surface area contributed by atoms with Crippen molar-refractivity contribution >= 4 is 33.0 Å². The number of sulfonamides is 1. The molecule has 1 aliphatic heterocycles. The lowest BCUT2D eigenvalue weighted by Crippen LogP contribution is -2.28. The van der Waals surface area contributed by atoms with E-state index in [1.54, 1.807) is 30.3 Å². The number of rotatable bonds is 4. The van der Waals surface area contributed by atoms with Crippen molar-refractivity contribution < 1.29 is 22.7 Å². The second-order valence-electron chi connectivity index (χ2n) is 6.20. The van der Waals surface area contributed by atoms with Crippen LogP contribution in [0.25, 0.3) is 10.9 Å². The number of hydrogen-bond donors (Lipinski definition) is 0. The number of hydrogen-bond acceptors (Lipinski definition) is 6. The van der Waals surface area contributed by atoms with Crippen LogP contribution in [0.15, 0.2) is 47.4 Å². The first kappa shape index (κ1) is 17.3. The molecule has 0 aliphatic carbocycles. The first-order chi connectivity index (χ1) is 12.9. The smallest absolute Gasteiger partial charge is 0.265 e. The Morgan fingerprint density at radius 2 is 1.74 bits per heavy atom. The van der Waals surface area contributed by atoms with Gasteiger partial charge >= 0.3 is 0 Å². The molecular weight excluding hydrogens is 368 g/mol. The van der Waals surface area contributed by atoms with Crippen molar-refractivity contribution in [3.63, 3.8) is 0 Å². The molecule has 1 aromatic heterocycles. The van der Waals surface area contributed by atoms with Gasteiger partial charge in [0.1, 0.15) is 0 Å². The largest absolute Gasteiger partial charge is 0.454 e. The highest BCUT2D eigenvalue weighted by molar-refractivity contribution is 7.92. The van der Waals surface area contributed by atoms with E-state index in [9.17, 15) is 13.2 Å². The fraction of sp³-hybridized carbons (Fsp3) is 0.158. The van der Waals surface area contributed by atoms with E-state index in [2.05, 4.69) is 4.98 Å². The number of carbonyl (C=O) groups excluding carboxylic acids is 1. The summed E-state index contributed by atoms with van der Waals surface area (Å²) in [7, 11) is -2.49. The Bertz CT molecular complexity index is 1160. The molecule has 0 unspecified atom stereocenters. The maximum absolute atomic E-state index is 13.0. The first-order valence-corrected chi connectivity index (χ1v) is 9.59. The molecule has 0 saturated carbocycles. The van der Waals surface area contributed by atoms with Gasteiger partial charge in [0, 0.05) is 18.5 Å². The molecule has 0 fully saturated rings. The van der Waals surface area contributed by atoms with Crippen molar-refractivity contribution in [1.82, 2.24) is 4.98 Å². The molecule has 1 aliphatic rings.